The van der Waals surface area contributed by atoms with Crippen molar-refractivity contribution in [1.82, 2.24) is 0 Å². The number of hydrogen-bond donors (Lipinski definition) is 2. The SMILES string of the molecule is CC(N)C(=O)O.[LiH]. The summed E-state index contributed by atoms with van der Waals surface area (Å²) in [4.78, 5) is 9.57. The Morgan fingerprint density at radius 3 is 2.00 bits per heavy atom. The molecule has 1 atom stereocenters. The molecule has 0 fully saturated rings. The summed E-state index contributed by atoms with van der Waals surface area (Å²) in [6.45, 7) is 1.42. The third-order valence-corrected chi connectivity index (χ3v) is 0.390. The first-order valence-corrected chi connectivity index (χ1v) is 1.63. The van der Waals surface area contributed by atoms with Crippen LogP contribution in [0.2, 0.25) is 0 Å². The standard InChI is InChI=1S/C3H7NO2.Li.H/c1-2(4)3(5)6;;/h2H,4H2,1H3,(H,5,6);;. The Kier molecular flexibility index (Phi) is 6.05. The maximum absolute atomic E-state index is 9.57. The molecule has 38 valence electrons. The van der Waals surface area contributed by atoms with Gasteiger partial charge in [-0.15, -0.1) is 0 Å². The topological polar surface area (TPSA) is 63.3 Å². The van der Waals surface area contributed by atoms with Crippen molar-refractivity contribution in [3.05, 3.63) is 0 Å². The fraction of sp³-hybridized carbons (Fsp3) is 0.667. The molecule has 0 heterocycles. The summed E-state index contributed by atoms with van der Waals surface area (Å²) in [5.41, 5.74) is 4.84. The minimum absolute atomic E-state index is 0. The van der Waals surface area contributed by atoms with Crippen LogP contribution >= 0.6 is 0 Å². The van der Waals surface area contributed by atoms with Gasteiger partial charge in [0.1, 0.15) is 6.04 Å². The molecule has 4 heteroatoms. The van der Waals surface area contributed by atoms with Crippen molar-refractivity contribution in [2.24, 2.45) is 5.73 Å². The first-order chi connectivity index (χ1) is 2.64. The predicted octanol–water partition coefficient (Wildman–Crippen LogP) is -1.23. The van der Waals surface area contributed by atoms with Crippen LogP contribution in [0.25, 0.3) is 0 Å². The molecule has 0 bridgehead atoms. The van der Waals surface area contributed by atoms with Gasteiger partial charge in [0.2, 0.25) is 0 Å². The first kappa shape index (κ1) is 10.1. The summed E-state index contributed by atoms with van der Waals surface area (Å²) in [6.07, 6.45) is 0. The zero-order valence-electron chi connectivity index (χ0n) is 3.51. The van der Waals surface area contributed by atoms with Gasteiger partial charge in [-0.1, -0.05) is 0 Å². The van der Waals surface area contributed by atoms with Crippen molar-refractivity contribution in [3.63, 3.8) is 0 Å². The number of aliphatic carboxylic acids is 1. The van der Waals surface area contributed by atoms with E-state index < -0.39 is 12.0 Å². The van der Waals surface area contributed by atoms with Crippen molar-refractivity contribution < 1.29 is 9.90 Å². The van der Waals surface area contributed by atoms with E-state index in [1.165, 1.54) is 6.92 Å². The van der Waals surface area contributed by atoms with E-state index in [1.807, 2.05) is 0 Å². The first-order valence-electron chi connectivity index (χ1n) is 1.63. The summed E-state index contributed by atoms with van der Waals surface area (Å²) in [5.74, 6) is -0.963. The zero-order valence-corrected chi connectivity index (χ0v) is 3.51. The number of carbonyl (C=O) groups is 1. The fourth-order valence-corrected chi connectivity index (χ4v) is 0. The van der Waals surface area contributed by atoms with Gasteiger partial charge in [0.05, 0.1) is 0 Å². The quantitative estimate of drug-likeness (QED) is 0.402. The van der Waals surface area contributed by atoms with Crippen LogP contribution in [0.5, 0.6) is 0 Å². The van der Waals surface area contributed by atoms with E-state index in [9.17, 15) is 4.79 Å². The molecule has 0 saturated heterocycles. The van der Waals surface area contributed by atoms with E-state index in [1.54, 1.807) is 0 Å². The Hall–Kier alpha value is 0.0274. The normalized spacial score (nSPS) is 11.7. The molecule has 0 aliphatic heterocycles. The van der Waals surface area contributed by atoms with Crippen molar-refractivity contribution in [2.45, 2.75) is 13.0 Å². The second-order valence-electron chi connectivity index (χ2n) is 1.13. The molecule has 0 aromatic heterocycles. The predicted molar refractivity (Wildman–Crippen MR) is 28.4 cm³/mol. The molecule has 1 unspecified atom stereocenters. The molecular weight excluding hydrogens is 89.0 g/mol. The number of carboxylic acid groups (broad SMARTS) is 1. The molecule has 0 saturated carbocycles. The van der Waals surface area contributed by atoms with Crippen LogP contribution < -0.4 is 5.73 Å². The van der Waals surface area contributed by atoms with Crippen LogP contribution in [0.3, 0.4) is 0 Å². The van der Waals surface area contributed by atoms with Crippen LogP contribution in [-0.2, 0) is 4.79 Å². The van der Waals surface area contributed by atoms with Crippen LogP contribution in [0.1, 0.15) is 6.92 Å². The molecule has 0 aromatic rings. The molecule has 0 radical (unpaired) electrons. The second-order valence-corrected chi connectivity index (χ2v) is 1.13. The van der Waals surface area contributed by atoms with Gasteiger partial charge in [-0.3, -0.25) is 4.79 Å². The Morgan fingerprint density at radius 2 is 2.00 bits per heavy atom. The molecule has 3 N–H and O–H groups in total. The molecule has 0 aliphatic carbocycles. The molecular formula is C3H8LiNO2. The van der Waals surface area contributed by atoms with Crippen molar-refractivity contribution in [2.75, 3.05) is 0 Å². The summed E-state index contributed by atoms with van der Waals surface area (Å²) in [7, 11) is 0. The second kappa shape index (κ2) is 4.19. The van der Waals surface area contributed by atoms with Gasteiger partial charge in [0.15, 0.2) is 0 Å². The van der Waals surface area contributed by atoms with Crippen molar-refractivity contribution in [3.8, 4) is 0 Å². The number of hydrogen-bond acceptors (Lipinski definition) is 2. The van der Waals surface area contributed by atoms with E-state index in [2.05, 4.69) is 0 Å². The maximum atomic E-state index is 9.57. The molecule has 0 amide bonds. The van der Waals surface area contributed by atoms with Gasteiger partial charge in [-0.2, -0.15) is 0 Å². The summed E-state index contributed by atoms with van der Waals surface area (Å²) in [5, 5.41) is 7.87. The van der Waals surface area contributed by atoms with Crippen molar-refractivity contribution >= 4 is 24.8 Å². The van der Waals surface area contributed by atoms with E-state index in [4.69, 9.17) is 10.8 Å². The zero-order chi connectivity index (χ0) is 5.15. The van der Waals surface area contributed by atoms with Gasteiger partial charge in [-0.05, 0) is 6.92 Å². The molecule has 7 heavy (non-hydrogen) atoms. The van der Waals surface area contributed by atoms with Gasteiger partial charge < -0.3 is 10.8 Å². The van der Waals surface area contributed by atoms with Gasteiger partial charge >= 0.3 is 24.8 Å². The van der Waals surface area contributed by atoms with Crippen LogP contribution in [0, 0.1) is 0 Å². The fourth-order valence-electron chi connectivity index (χ4n) is 0. The van der Waals surface area contributed by atoms with E-state index in [0.29, 0.717) is 0 Å². The molecule has 0 aromatic carbocycles. The monoisotopic (exact) mass is 97.1 g/mol. The van der Waals surface area contributed by atoms with Gasteiger partial charge in [0, 0.05) is 0 Å². The Morgan fingerprint density at radius 1 is 1.86 bits per heavy atom. The number of rotatable bonds is 1. The summed E-state index contributed by atoms with van der Waals surface area (Å²) >= 11 is 0. The Bertz CT molecular complexity index is 64.0. The Balaban J connectivity index is 0. The average Bonchev–Trinajstić information content (AvgIpc) is 1.36. The van der Waals surface area contributed by atoms with Crippen LogP contribution in [0.4, 0.5) is 0 Å². The molecule has 3 nitrogen and oxygen atoms in total. The molecule has 0 aliphatic rings. The van der Waals surface area contributed by atoms with Gasteiger partial charge in [-0.25, -0.2) is 0 Å². The third-order valence-electron chi connectivity index (χ3n) is 0.390. The van der Waals surface area contributed by atoms with Gasteiger partial charge in [0.25, 0.3) is 0 Å². The molecule has 0 spiro atoms. The minimum atomic E-state index is -0.963. The van der Waals surface area contributed by atoms with E-state index >= 15 is 0 Å². The van der Waals surface area contributed by atoms with Crippen LogP contribution in [-0.4, -0.2) is 36.0 Å². The average molecular weight is 97.0 g/mol. The van der Waals surface area contributed by atoms with E-state index in [0.717, 1.165) is 0 Å². The summed E-state index contributed by atoms with van der Waals surface area (Å²) in [6, 6.07) is -0.731. The van der Waals surface area contributed by atoms with Crippen molar-refractivity contribution in [1.29, 1.82) is 0 Å². The Labute approximate surface area is 54.1 Å². The van der Waals surface area contributed by atoms with Crippen LogP contribution in [0.15, 0.2) is 0 Å². The summed E-state index contributed by atoms with van der Waals surface area (Å²) < 4.78 is 0. The third kappa shape index (κ3) is 6.03. The van der Waals surface area contributed by atoms with E-state index in [-0.39, 0.29) is 18.9 Å². The molecule has 0 rings (SSSR count). The number of carboxylic acids is 1. The number of nitrogens with two attached hydrogens (primary N) is 1.